The third-order valence-electron chi connectivity index (χ3n) is 4.81. The lowest BCUT2D eigenvalue weighted by Crippen LogP contribution is -2.12. The van der Waals surface area contributed by atoms with Crippen LogP contribution in [0.2, 0.25) is 0 Å². The Balaban J connectivity index is 1.72. The highest BCUT2D eigenvalue weighted by molar-refractivity contribution is 5.48. The number of benzene rings is 2. The monoisotopic (exact) mass is 377 g/mol. The molecule has 1 heterocycles. The van der Waals surface area contributed by atoms with Crippen molar-refractivity contribution in [2.24, 2.45) is 5.92 Å². The van der Waals surface area contributed by atoms with E-state index in [-0.39, 0.29) is 6.04 Å². The summed E-state index contributed by atoms with van der Waals surface area (Å²) >= 11 is 0. The van der Waals surface area contributed by atoms with Crippen LogP contribution in [0.4, 0.5) is 5.69 Å². The molecular weight excluding hydrogens is 346 g/mol. The molecule has 4 nitrogen and oxygen atoms in total. The maximum absolute atomic E-state index is 5.92. The summed E-state index contributed by atoms with van der Waals surface area (Å²) in [5.41, 5.74) is 3.57. The van der Waals surface area contributed by atoms with Crippen LogP contribution in [0, 0.1) is 12.8 Å². The molecule has 0 saturated heterocycles. The first-order valence-corrected chi connectivity index (χ1v) is 10.2. The molecule has 3 aromatic rings. The summed E-state index contributed by atoms with van der Waals surface area (Å²) in [5, 5.41) is 8.26. The highest BCUT2D eigenvalue weighted by Gasteiger charge is 2.15. The van der Waals surface area contributed by atoms with Crippen molar-refractivity contribution in [3.8, 4) is 11.5 Å². The van der Waals surface area contributed by atoms with Gasteiger partial charge in [0.05, 0.1) is 23.6 Å². The number of nitrogens with zero attached hydrogens (tertiary/aromatic N) is 2. The number of para-hydroxylation sites is 1. The maximum Gasteiger partial charge on any atom is 0.127 e. The quantitative estimate of drug-likeness (QED) is 0.457. The number of hydrogen-bond acceptors (Lipinski definition) is 3. The highest BCUT2D eigenvalue weighted by atomic mass is 16.5. The van der Waals surface area contributed by atoms with Crippen LogP contribution in [0.5, 0.6) is 11.5 Å². The van der Waals surface area contributed by atoms with Gasteiger partial charge < -0.3 is 10.1 Å². The van der Waals surface area contributed by atoms with E-state index >= 15 is 0 Å². The largest absolute Gasteiger partial charge is 0.457 e. The third-order valence-corrected chi connectivity index (χ3v) is 4.81. The lowest BCUT2D eigenvalue weighted by atomic mass is 10.0. The Hall–Kier alpha value is -2.75. The normalized spacial score (nSPS) is 12.2. The molecule has 0 amide bonds. The molecule has 0 bridgehead atoms. The number of rotatable bonds is 9. The van der Waals surface area contributed by atoms with Crippen molar-refractivity contribution >= 4 is 5.69 Å². The molecule has 2 aromatic carbocycles. The predicted molar refractivity (Wildman–Crippen MR) is 116 cm³/mol. The SMILES string of the molecule is CCCC(Nc1cnn(CC(C)C)c1C)c1ccc(Oc2ccccc2)cc1. The smallest absolute Gasteiger partial charge is 0.127 e. The molecule has 0 spiro atoms. The Bertz CT molecular complexity index is 853. The van der Waals surface area contributed by atoms with Crippen molar-refractivity contribution < 1.29 is 4.74 Å². The van der Waals surface area contributed by atoms with Crippen LogP contribution in [-0.2, 0) is 6.54 Å². The molecule has 28 heavy (non-hydrogen) atoms. The molecule has 0 aliphatic rings. The summed E-state index contributed by atoms with van der Waals surface area (Å²) in [6, 6.07) is 18.5. The average molecular weight is 378 g/mol. The maximum atomic E-state index is 5.92. The minimum Gasteiger partial charge on any atom is -0.457 e. The van der Waals surface area contributed by atoms with E-state index in [1.807, 2.05) is 48.7 Å². The summed E-state index contributed by atoms with van der Waals surface area (Å²) in [6.07, 6.45) is 4.13. The summed E-state index contributed by atoms with van der Waals surface area (Å²) in [4.78, 5) is 0. The Morgan fingerprint density at radius 2 is 1.68 bits per heavy atom. The van der Waals surface area contributed by atoms with Gasteiger partial charge >= 0.3 is 0 Å². The van der Waals surface area contributed by atoms with Crippen molar-refractivity contribution in [3.63, 3.8) is 0 Å². The van der Waals surface area contributed by atoms with Crippen molar-refractivity contribution in [1.82, 2.24) is 9.78 Å². The van der Waals surface area contributed by atoms with Crippen LogP contribution >= 0.6 is 0 Å². The Kier molecular flexibility index (Phi) is 6.75. The van der Waals surface area contributed by atoms with Gasteiger partial charge in [-0.2, -0.15) is 5.10 Å². The molecular formula is C24H31N3O. The van der Waals surface area contributed by atoms with Gasteiger partial charge in [-0.1, -0.05) is 57.5 Å². The van der Waals surface area contributed by atoms with Gasteiger partial charge in [0.25, 0.3) is 0 Å². The second kappa shape index (κ2) is 9.45. The first kappa shape index (κ1) is 20.0. The van der Waals surface area contributed by atoms with E-state index in [9.17, 15) is 0 Å². The number of anilines is 1. The van der Waals surface area contributed by atoms with Crippen LogP contribution < -0.4 is 10.1 Å². The van der Waals surface area contributed by atoms with Crippen molar-refractivity contribution in [3.05, 3.63) is 72.1 Å². The summed E-state index contributed by atoms with van der Waals surface area (Å²) in [7, 11) is 0. The van der Waals surface area contributed by atoms with Gasteiger partial charge in [-0.05, 0) is 49.1 Å². The summed E-state index contributed by atoms with van der Waals surface area (Å²) in [6.45, 7) is 9.73. The number of nitrogens with one attached hydrogen (secondary N) is 1. The van der Waals surface area contributed by atoms with E-state index < -0.39 is 0 Å². The average Bonchev–Trinajstić information content (AvgIpc) is 3.02. The molecule has 1 unspecified atom stereocenters. The number of ether oxygens (including phenoxy) is 1. The van der Waals surface area contributed by atoms with E-state index in [0.29, 0.717) is 5.92 Å². The molecule has 1 atom stereocenters. The molecule has 1 N–H and O–H groups in total. The molecule has 0 aliphatic carbocycles. The highest BCUT2D eigenvalue weighted by Crippen LogP contribution is 2.29. The predicted octanol–water partition coefficient (Wildman–Crippen LogP) is 6.59. The topological polar surface area (TPSA) is 39.1 Å². The fourth-order valence-corrected chi connectivity index (χ4v) is 3.31. The van der Waals surface area contributed by atoms with Crippen LogP contribution in [-0.4, -0.2) is 9.78 Å². The zero-order valence-electron chi connectivity index (χ0n) is 17.4. The second-order valence-electron chi connectivity index (χ2n) is 7.69. The second-order valence-corrected chi connectivity index (χ2v) is 7.69. The Morgan fingerprint density at radius 1 is 1.00 bits per heavy atom. The molecule has 1 aromatic heterocycles. The van der Waals surface area contributed by atoms with Gasteiger partial charge in [0.2, 0.25) is 0 Å². The molecule has 0 aliphatic heterocycles. The first-order chi connectivity index (χ1) is 13.6. The summed E-state index contributed by atoms with van der Waals surface area (Å²) in [5.74, 6) is 2.29. The van der Waals surface area contributed by atoms with Crippen LogP contribution in [0.25, 0.3) is 0 Å². The van der Waals surface area contributed by atoms with E-state index in [1.165, 1.54) is 11.3 Å². The van der Waals surface area contributed by atoms with Crippen molar-refractivity contribution in [1.29, 1.82) is 0 Å². The standard InChI is InChI=1S/C24H31N3O/c1-5-9-23(26-24-16-25-27(19(24)4)17-18(2)3)20-12-14-22(15-13-20)28-21-10-7-6-8-11-21/h6-8,10-16,18,23,26H,5,9,17H2,1-4H3. The third kappa shape index (κ3) is 5.16. The Labute approximate surface area is 168 Å². The minimum absolute atomic E-state index is 0.256. The molecule has 148 valence electrons. The lowest BCUT2D eigenvalue weighted by molar-refractivity contribution is 0.475. The van der Waals surface area contributed by atoms with Gasteiger partial charge in [0, 0.05) is 6.54 Å². The molecule has 3 rings (SSSR count). The molecule has 0 fully saturated rings. The first-order valence-electron chi connectivity index (χ1n) is 10.2. The van der Waals surface area contributed by atoms with Crippen LogP contribution in [0.3, 0.4) is 0 Å². The zero-order chi connectivity index (χ0) is 19.9. The number of hydrogen-bond donors (Lipinski definition) is 1. The Morgan fingerprint density at radius 3 is 2.32 bits per heavy atom. The van der Waals surface area contributed by atoms with Gasteiger partial charge in [-0.25, -0.2) is 0 Å². The van der Waals surface area contributed by atoms with Crippen molar-refractivity contribution in [2.75, 3.05) is 5.32 Å². The van der Waals surface area contributed by atoms with E-state index in [4.69, 9.17) is 4.74 Å². The van der Waals surface area contributed by atoms with E-state index in [0.717, 1.165) is 36.6 Å². The molecule has 0 radical (unpaired) electrons. The molecule has 4 heteroatoms. The van der Waals surface area contributed by atoms with E-state index in [1.54, 1.807) is 0 Å². The molecule has 0 saturated carbocycles. The minimum atomic E-state index is 0.256. The van der Waals surface area contributed by atoms with Gasteiger partial charge in [-0.3, -0.25) is 4.68 Å². The lowest BCUT2D eigenvalue weighted by Gasteiger charge is -2.20. The fraction of sp³-hybridized carbons (Fsp3) is 0.375. The van der Waals surface area contributed by atoms with Crippen LogP contribution in [0.15, 0.2) is 60.8 Å². The van der Waals surface area contributed by atoms with Gasteiger partial charge in [-0.15, -0.1) is 0 Å². The van der Waals surface area contributed by atoms with Gasteiger partial charge in [0.1, 0.15) is 11.5 Å². The summed E-state index contributed by atoms with van der Waals surface area (Å²) < 4.78 is 8.01. The fourth-order valence-electron chi connectivity index (χ4n) is 3.31. The van der Waals surface area contributed by atoms with E-state index in [2.05, 4.69) is 54.9 Å². The van der Waals surface area contributed by atoms with Gasteiger partial charge in [0.15, 0.2) is 0 Å². The van der Waals surface area contributed by atoms with Crippen molar-refractivity contribution in [2.45, 2.75) is 53.1 Å². The van der Waals surface area contributed by atoms with Crippen LogP contribution in [0.1, 0.15) is 50.9 Å². The number of aromatic nitrogens is 2. The zero-order valence-corrected chi connectivity index (χ0v) is 17.4.